The fourth-order valence-electron chi connectivity index (χ4n) is 6.74. The first kappa shape index (κ1) is 31.6. The molecule has 0 radical (unpaired) electrons. The van der Waals surface area contributed by atoms with Crippen LogP contribution in [0.2, 0.25) is 0 Å². The van der Waals surface area contributed by atoms with E-state index in [1.54, 1.807) is 52.2 Å². The maximum atomic E-state index is 16.6. The highest BCUT2D eigenvalue weighted by molar-refractivity contribution is 6.05. The van der Waals surface area contributed by atoms with Crippen molar-refractivity contribution in [2.24, 2.45) is 0 Å². The normalized spacial score (nSPS) is 14.9. The lowest BCUT2D eigenvalue weighted by molar-refractivity contribution is -0.131. The van der Waals surface area contributed by atoms with Crippen LogP contribution in [-0.4, -0.2) is 88.0 Å². The van der Waals surface area contributed by atoms with Crippen LogP contribution in [0.5, 0.6) is 5.75 Å². The van der Waals surface area contributed by atoms with Crippen molar-refractivity contribution >= 4 is 34.0 Å². The van der Waals surface area contributed by atoms with Crippen molar-refractivity contribution < 1.29 is 18.7 Å². The summed E-state index contributed by atoms with van der Waals surface area (Å²) < 4.78 is 24.0. The third kappa shape index (κ3) is 6.23. The standard InChI is InChI=1S/C37H35FN8O3/c1-49-33-11-5-3-9-27(33)29-21-28(26-8-6-14-45(24-26)34(47)12-15-46-16-13-40-42-46)35(38)36-30(29)22-31(41-36)37(48)44-19-17-43(18-20-44)32-10-4-2-7-25(32)23-39/h2-5,7-11,13,16,21-22,41H,6,12,14-15,17-20,24H2,1H3. The number of piperazine rings is 1. The molecule has 0 unspecified atom stereocenters. The highest BCUT2D eigenvalue weighted by atomic mass is 19.1. The average Bonchev–Trinajstić information content (AvgIpc) is 3.85. The number of nitriles is 1. The molecule has 2 aromatic heterocycles. The number of anilines is 1. The molecule has 3 aromatic carbocycles. The van der Waals surface area contributed by atoms with Crippen LogP contribution in [0, 0.1) is 17.1 Å². The van der Waals surface area contributed by atoms with E-state index in [2.05, 4.69) is 26.3 Å². The Morgan fingerprint density at radius 2 is 1.78 bits per heavy atom. The predicted molar refractivity (Wildman–Crippen MR) is 183 cm³/mol. The maximum Gasteiger partial charge on any atom is 0.270 e. The van der Waals surface area contributed by atoms with Crippen LogP contribution in [-0.2, 0) is 11.3 Å². The molecular weight excluding hydrogens is 623 g/mol. The molecule has 1 fully saturated rings. The quantitative estimate of drug-likeness (QED) is 0.246. The summed E-state index contributed by atoms with van der Waals surface area (Å²) in [6, 6.07) is 20.8. The minimum absolute atomic E-state index is 0.0449. The molecular formula is C37H35FN8O3. The van der Waals surface area contributed by atoms with Gasteiger partial charge in [0.2, 0.25) is 5.91 Å². The molecule has 0 atom stereocenters. The van der Waals surface area contributed by atoms with Gasteiger partial charge in [-0.05, 0) is 47.9 Å². The summed E-state index contributed by atoms with van der Waals surface area (Å²) in [5, 5.41) is 17.8. The lowest BCUT2D eigenvalue weighted by atomic mass is 9.93. The minimum atomic E-state index is -0.478. The Hall–Kier alpha value is -5.96. The number of aryl methyl sites for hydroxylation is 1. The molecule has 2 amide bonds. The summed E-state index contributed by atoms with van der Waals surface area (Å²) in [6.07, 6.45) is 6.11. The number of nitrogens with one attached hydrogen (secondary N) is 1. The van der Waals surface area contributed by atoms with E-state index >= 15 is 4.39 Å². The summed E-state index contributed by atoms with van der Waals surface area (Å²) in [7, 11) is 1.59. The number of methoxy groups -OCH3 is 1. The number of halogens is 1. The lowest BCUT2D eigenvalue weighted by Gasteiger charge is -2.36. The second-order valence-corrected chi connectivity index (χ2v) is 12.1. The van der Waals surface area contributed by atoms with Gasteiger partial charge >= 0.3 is 0 Å². The molecule has 49 heavy (non-hydrogen) atoms. The van der Waals surface area contributed by atoms with Crippen LogP contribution in [0.1, 0.15) is 34.5 Å². The number of fused-ring (bicyclic) bond motifs is 1. The molecule has 4 heterocycles. The summed E-state index contributed by atoms with van der Waals surface area (Å²) in [4.78, 5) is 35.8. The summed E-state index contributed by atoms with van der Waals surface area (Å²) in [5.41, 5.74) is 4.50. The highest BCUT2D eigenvalue weighted by Gasteiger charge is 2.28. The molecule has 0 bridgehead atoms. The monoisotopic (exact) mass is 658 g/mol. The van der Waals surface area contributed by atoms with Gasteiger partial charge in [0.15, 0.2) is 5.82 Å². The first-order valence-corrected chi connectivity index (χ1v) is 16.3. The van der Waals surface area contributed by atoms with E-state index < -0.39 is 5.82 Å². The molecule has 12 heteroatoms. The van der Waals surface area contributed by atoms with Crippen LogP contribution in [0.25, 0.3) is 27.6 Å². The number of ether oxygens (including phenoxy) is 1. The number of aromatic amines is 1. The third-order valence-corrected chi connectivity index (χ3v) is 9.29. The zero-order chi connectivity index (χ0) is 33.9. The van der Waals surface area contributed by atoms with Crippen molar-refractivity contribution in [3.63, 3.8) is 0 Å². The Morgan fingerprint density at radius 1 is 0.980 bits per heavy atom. The second kappa shape index (κ2) is 13.6. The highest BCUT2D eigenvalue weighted by Crippen LogP contribution is 2.40. The Bertz CT molecular complexity index is 2090. The molecule has 1 saturated heterocycles. The zero-order valence-corrected chi connectivity index (χ0v) is 27.1. The molecule has 2 aliphatic rings. The molecule has 11 nitrogen and oxygen atoms in total. The number of carbonyl (C=O) groups excluding carboxylic acids is 2. The van der Waals surface area contributed by atoms with E-state index in [1.807, 2.05) is 48.5 Å². The first-order valence-electron chi connectivity index (χ1n) is 16.3. The summed E-state index contributed by atoms with van der Waals surface area (Å²) >= 11 is 0. The van der Waals surface area contributed by atoms with Gasteiger partial charge in [-0.15, -0.1) is 5.10 Å². The fourth-order valence-corrected chi connectivity index (χ4v) is 6.74. The third-order valence-electron chi connectivity index (χ3n) is 9.29. The minimum Gasteiger partial charge on any atom is -0.496 e. The van der Waals surface area contributed by atoms with Crippen molar-refractivity contribution in [2.75, 3.05) is 51.3 Å². The molecule has 0 spiro atoms. The first-order chi connectivity index (χ1) is 23.9. The van der Waals surface area contributed by atoms with E-state index in [0.717, 1.165) is 11.3 Å². The van der Waals surface area contributed by atoms with Gasteiger partial charge < -0.3 is 24.4 Å². The lowest BCUT2D eigenvalue weighted by Crippen LogP contribution is -2.49. The van der Waals surface area contributed by atoms with E-state index in [1.165, 1.54) is 0 Å². The van der Waals surface area contributed by atoms with Gasteiger partial charge in [0.1, 0.15) is 17.5 Å². The Labute approximate surface area is 282 Å². The number of amides is 2. The van der Waals surface area contributed by atoms with Crippen LogP contribution in [0.3, 0.4) is 0 Å². The van der Waals surface area contributed by atoms with Gasteiger partial charge in [0.05, 0.1) is 36.6 Å². The van der Waals surface area contributed by atoms with Gasteiger partial charge in [-0.2, -0.15) is 5.26 Å². The number of carbonyl (C=O) groups is 2. The molecule has 1 N–H and O–H groups in total. The van der Waals surface area contributed by atoms with Crippen molar-refractivity contribution in [2.45, 2.75) is 19.4 Å². The van der Waals surface area contributed by atoms with Crippen LogP contribution in [0.4, 0.5) is 10.1 Å². The number of para-hydroxylation sites is 2. The summed E-state index contributed by atoms with van der Waals surface area (Å²) in [6.45, 7) is 3.25. The number of H-pyrrole nitrogens is 1. The zero-order valence-electron chi connectivity index (χ0n) is 27.1. The Balaban J connectivity index is 1.19. The number of aromatic nitrogens is 4. The van der Waals surface area contributed by atoms with Crippen LogP contribution < -0.4 is 9.64 Å². The van der Waals surface area contributed by atoms with Crippen molar-refractivity contribution in [3.8, 4) is 22.9 Å². The Kier molecular flexibility index (Phi) is 8.81. The molecule has 5 aromatic rings. The Morgan fingerprint density at radius 3 is 2.55 bits per heavy atom. The van der Waals surface area contributed by atoms with Gasteiger partial charge in [-0.1, -0.05) is 41.6 Å². The van der Waals surface area contributed by atoms with Gasteiger partial charge in [-0.25, -0.2) is 4.39 Å². The fraction of sp³-hybridized carbons (Fsp3) is 0.270. The van der Waals surface area contributed by atoms with Crippen molar-refractivity contribution in [1.82, 2.24) is 29.8 Å². The van der Waals surface area contributed by atoms with E-state index in [4.69, 9.17) is 4.74 Å². The topological polar surface area (TPSA) is 123 Å². The van der Waals surface area contributed by atoms with Crippen molar-refractivity contribution in [3.05, 3.63) is 102 Å². The van der Waals surface area contributed by atoms with E-state index in [0.29, 0.717) is 79.1 Å². The number of hydrogen-bond donors (Lipinski definition) is 1. The largest absolute Gasteiger partial charge is 0.496 e. The van der Waals surface area contributed by atoms with E-state index in [9.17, 15) is 14.9 Å². The van der Waals surface area contributed by atoms with Gasteiger partial charge in [0.25, 0.3) is 5.91 Å². The number of benzene rings is 3. The number of nitrogens with zero attached hydrogens (tertiary/aromatic N) is 7. The number of rotatable bonds is 8. The van der Waals surface area contributed by atoms with E-state index in [-0.39, 0.29) is 36.0 Å². The van der Waals surface area contributed by atoms with Crippen LogP contribution in [0.15, 0.2) is 79.1 Å². The van der Waals surface area contributed by atoms with Crippen LogP contribution >= 0.6 is 0 Å². The summed E-state index contributed by atoms with van der Waals surface area (Å²) in [5.74, 6) is -0.130. The molecule has 248 valence electrons. The maximum absolute atomic E-state index is 16.6. The van der Waals surface area contributed by atoms with Gasteiger partial charge in [-0.3, -0.25) is 14.3 Å². The average molecular weight is 659 g/mol. The predicted octanol–water partition coefficient (Wildman–Crippen LogP) is 5.11. The SMILES string of the molecule is COc1ccccc1-c1cc(C2=CCCN(C(=O)CCn3ccnn3)C2)c(F)c2[nH]c(C(=O)N3CCN(c4ccccc4C#N)CC3)cc12. The molecule has 2 aliphatic heterocycles. The molecule has 7 rings (SSSR count). The smallest absolute Gasteiger partial charge is 0.270 e. The molecule has 0 aliphatic carbocycles. The molecule has 0 saturated carbocycles. The van der Waals surface area contributed by atoms with Gasteiger partial charge in [0, 0.05) is 68.4 Å². The second-order valence-electron chi connectivity index (χ2n) is 12.1. The number of hydrogen-bond acceptors (Lipinski definition) is 7. The van der Waals surface area contributed by atoms with Crippen molar-refractivity contribution in [1.29, 1.82) is 5.26 Å².